The lowest BCUT2D eigenvalue weighted by molar-refractivity contribution is -0.123. The Morgan fingerprint density at radius 3 is 2.86 bits per heavy atom. The van der Waals surface area contributed by atoms with Crippen LogP contribution in [-0.2, 0) is 17.6 Å². The Hall–Kier alpha value is -3.94. The summed E-state index contributed by atoms with van der Waals surface area (Å²) in [7, 11) is 1.64. The zero-order valence-corrected chi connectivity index (χ0v) is 20.9. The van der Waals surface area contributed by atoms with Crippen LogP contribution in [0.25, 0.3) is 21.9 Å². The molecule has 4 aromatic rings. The zero-order valence-electron chi connectivity index (χ0n) is 20.9. The van der Waals surface area contributed by atoms with Crippen molar-refractivity contribution in [2.75, 3.05) is 20.3 Å². The molecule has 8 nitrogen and oxygen atoms in total. The maximum atomic E-state index is 12.6. The summed E-state index contributed by atoms with van der Waals surface area (Å²) in [6, 6.07) is 9.11. The highest BCUT2D eigenvalue weighted by Gasteiger charge is 2.30. The van der Waals surface area contributed by atoms with Crippen LogP contribution < -0.4 is 25.2 Å². The second-order valence-corrected chi connectivity index (χ2v) is 9.78. The van der Waals surface area contributed by atoms with Crippen LogP contribution in [0.2, 0.25) is 0 Å². The summed E-state index contributed by atoms with van der Waals surface area (Å²) >= 11 is 0. The smallest absolute Gasteiger partial charge is 0.336 e. The molecule has 5 rings (SSSR count). The molecule has 8 heteroatoms. The third-order valence-electron chi connectivity index (χ3n) is 6.65. The number of ether oxygens (including phenoxy) is 3. The molecule has 0 bridgehead atoms. The van der Waals surface area contributed by atoms with Crippen LogP contribution in [0.5, 0.6) is 17.2 Å². The molecule has 1 aliphatic rings. The van der Waals surface area contributed by atoms with Gasteiger partial charge >= 0.3 is 5.63 Å². The van der Waals surface area contributed by atoms with E-state index in [1.54, 1.807) is 13.2 Å². The van der Waals surface area contributed by atoms with Gasteiger partial charge in [-0.15, -0.1) is 0 Å². The van der Waals surface area contributed by atoms with E-state index in [0.29, 0.717) is 35.4 Å². The number of H-pyrrole nitrogens is 1. The monoisotopic (exact) mass is 490 g/mol. The topological polar surface area (TPSA) is 103 Å². The lowest BCUT2D eigenvalue weighted by Gasteiger charge is -2.33. The summed E-state index contributed by atoms with van der Waals surface area (Å²) in [4.78, 5) is 28.0. The van der Waals surface area contributed by atoms with E-state index in [2.05, 4.69) is 10.3 Å². The minimum absolute atomic E-state index is 0.169. The standard InChI is InChI=1S/C28H30N2O6/c1-16-11-25(32)35-27-19-7-9-28(2,3)36-22(19)13-23(26(16)27)34-15-24(31)29-10-8-17-14-30-21-6-5-18(33-4)12-20(17)21/h5-6,11-14,30H,7-10,15H2,1-4H3,(H,29,31). The number of aryl methyl sites for hydroxylation is 2. The summed E-state index contributed by atoms with van der Waals surface area (Å²) in [5.74, 6) is 1.63. The normalized spacial score (nSPS) is 14.3. The number of methoxy groups -OCH3 is 1. The number of hydrogen-bond acceptors (Lipinski definition) is 6. The van der Waals surface area contributed by atoms with Crippen molar-refractivity contribution >= 4 is 27.8 Å². The van der Waals surface area contributed by atoms with Gasteiger partial charge in [0.15, 0.2) is 6.61 Å². The van der Waals surface area contributed by atoms with Crippen LogP contribution in [0.3, 0.4) is 0 Å². The highest BCUT2D eigenvalue weighted by atomic mass is 16.5. The highest BCUT2D eigenvalue weighted by Crippen LogP contribution is 2.42. The van der Waals surface area contributed by atoms with Gasteiger partial charge in [0, 0.05) is 41.3 Å². The van der Waals surface area contributed by atoms with Crippen LogP contribution in [0.1, 0.15) is 37.0 Å². The number of nitrogens with one attached hydrogen (secondary N) is 2. The second-order valence-electron chi connectivity index (χ2n) is 9.78. The molecule has 0 saturated carbocycles. The fourth-order valence-corrected chi connectivity index (χ4v) is 4.76. The van der Waals surface area contributed by atoms with E-state index in [1.807, 2.05) is 45.2 Å². The molecule has 188 valence electrons. The fraction of sp³-hybridized carbons (Fsp3) is 0.357. The first-order valence-electron chi connectivity index (χ1n) is 12.1. The van der Waals surface area contributed by atoms with Gasteiger partial charge in [-0.1, -0.05) is 0 Å². The van der Waals surface area contributed by atoms with Crippen molar-refractivity contribution in [3.63, 3.8) is 0 Å². The molecule has 2 N–H and O–H groups in total. The van der Waals surface area contributed by atoms with Crippen molar-refractivity contribution in [1.29, 1.82) is 0 Å². The summed E-state index contributed by atoms with van der Waals surface area (Å²) in [6.45, 7) is 6.16. The van der Waals surface area contributed by atoms with Gasteiger partial charge in [0.25, 0.3) is 5.91 Å². The molecule has 36 heavy (non-hydrogen) atoms. The number of carbonyl (C=O) groups is 1. The van der Waals surface area contributed by atoms with Gasteiger partial charge in [-0.05, 0) is 69.4 Å². The Kier molecular flexibility index (Phi) is 6.12. The molecule has 0 fully saturated rings. The molecule has 3 heterocycles. The van der Waals surface area contributed by atoms with E-state index in [-0.39, 0.29) is 18.1 Å². The van der Waals surface area contributed by atoms with E-state index in [4.69, 9.17) is 18.6 Å². The van der Waals surface area contributed by atoms with Crippen LogP contribution in [0.4, 0.5) is 0 Å². The Bertz CT molecular complexity index is 1510. The number of carbonyl (C=O) groups excluding carboxylic acids is 1. The number of fused-ring (bicyclic) bond motifs is 4. The van der Waals surface area contributed by atoms with Crippen molar-refractivity contribution in [1.82, 2.24) is 10.3 Å². The zero-order chi connectivity index (χ0) is 25.4. The summed E-state index contributed by atoms with van der Waals surface area (Å²) in [6.07, 6.45) is 4.14. The molecule has 0 saturated heterocycles. The van der Waals surface area contributed by atoms with Gasteiger partial charge in [-0.3, -0.25) is 4.79 Å². The van der Waals surface area contributed by atoms with Crippen molar-refractivity contribution in [2.24, 2.45) is 0 Å². The van der Waals surface area contributed by atoms with E-state index in [9.17, 15) is 9.59 Å². The van der Waals surface area contributed by atoms with Gasteiger partial charge < -0.3 is 28.9 Å². The molecular formula is C28H30N2O6. The summed E-state index contributed by atoms with van der Waals surface area (Å²) in [5, 5.41) is 4.68. The minimum Gasteiger partial charge on any atom is -0.497 e. The molecule has 2 aromatic heterocycles. The predicted octanol–water partition coefficient (Wildman–Crippen LogP) is 4.43. The molecule has 0 radical (unpaired) electrons. The van der Waals surface area contributed by atoms with Gasteiger partial charge in [-0.25, -0.2) is 4.79 Å². The SMILES string of the molecule is COc1ccc2[nH]cc(CCNC(=O)COc3cc4c(c5oc(=O)cc(C)c35)CCC(C)(C)O4)c2c1. The minimum atomic E-state index is -0.420. The number of amides is 1. The molecule has 0 unspecified atom stereocenters. The average molecular weight is 491 g/mol. The lowest BCUT2D eigenvalue weighted by atomic mass is 9.92. The third-order valence-corrected chi connectivity index (χ3v) is 6.65. The maximum absolute atomic E-state index is 12.6. The van der Waals surface area contributed by atoms with Crippen molar-refractivity contribution in [2.45, 2.75) is 45.6 Å². The van der Waals surface area contributed by atoms with Gasteiger partial charge in [-0.2, -0.15) is 0 Å². The second kappa shape index (κ2) is 9.26. The number of rotatable bonds is 7. The van der Waals surface area contributed by atoms with Crippen molar-refractivity contribution < 1.29 is 23.4 Å². The largest absolute Gasteiger partial charge is 0.497 e. The summed E-state index contributed by atoms with van der Waals surface area (Å²) in [5.41, 5.74) is 3.42. The van der Waals surface area contributed by atoms with E-state index < -0.39 is 5.63 Å². The number of aromatic nitrogens is 1. The fourth-order valence-electron chi connectivity index (χ4n) is 4.76. The maximum Gasteiger partial charge on any atom is 0.336 e. The molecule has 0 spiro atoms. The molecule has 0 atom stereocenters. The molecular weight excluding hydrogens is 460 g/mol. The van der Waals surface area contributed by atoms with Crippen LogP contribution >= 0.6 is 0 Å². The quantitative estimate of drug-likeness (QED) is 0.372. The van der Waals surface area contributed by atoms with E-state index >= 15 is 0 Å². The summed E-state index contributed by atoms with van der Waals surface area (Å²) < 4.78 is 23.0. The van der Waals surface area contributed by atoms with E-state index in [0.717, 1.165) is 46.2 Å². The Labute approximate surface area is 208 Å². The van der Waals surface area contributed by atoms with Crippen molar-refractivity contribution in [3.8, 4) is 17.2 Å². The number of benzene rings is 2. The Morgan fingerprint density at radius 1 is 1.22 bits per heavy atom. The van der Waals surface area contributed by atoms with Gasteiger partial charge in [0.2, 0.25) is 0 Å². The van der Waals surface area contributed by atoms with Crippen LogP contribution in [0, 0.1) is 6.92 Å². The Balaban J connectivity index is 1.29. The van der Waals surface area contributed by atoms with Crippen LogP contribution in [-0.4, -0.2) is 36.8 Å². The lowest BCUT2D eigenvalue weighted by Crippen LogP contribution is -2.33. The predicted molar refractivity (Wildman–Crippen MR) is 137 cm³/mol. The molecule has 1 aliphatic heterocycles. The number of hydrogen-bond donors (Lipinski definition) is 2. The first kappa shape index (κ1) is 23.8. The first-order chi connectivity index (χ1) is 17.2. The highest BCUT2D eigenvalue weighted by molar-refractivity contribution is 5.92. The van der Waals surface area contributed by atoms with E-state index in [1.165, 1.54) is 6.07 Å². The van der Waals surface area contributed by atoms with Gasteiger partial charge in [0.05, 0.1) is 12.5 Å². The van der Waals surface area contributed by atoms with Crippen molar-refractivity contribution in [3.05, 3.63) is 63.6 Å². The first-order valence-corrected chi connectivity index (χ1v) is 12.1. The Morgan fingerprint density at radius 2 is 2.06 bits per heavy atom. The molecule has 1 amide bonds. The average Bonchev–Trinajstić information content (AvgIpc) is 3.23. The van der Waals surface area contributed by atoms with Crippen LogP contribution in [0.15, 0.2) is 45.7 Å². The molecule has 2 aromatic carbocycles. The van der Waals surface area contributed by atoms with Gasteiger partial charge in [0.1, 0.15) is 28.4 Å². The third kappa shape index (κ3) is 4.63. The number of aromatic amines is 1. The molecule has 0 aliphatic carbocycles.